The van der Waals surface area contributed by atoms with Crippen molar-refractivity contribution < 1.29 is 9.47 Å². The van der Waals surface area contributed by atoms with E-state index in [4.69, 9.17) is 38.4 Å². The predicted octanol–water partition coefficient (Wildman–Crippen LogP) is 4.24. The van der Waals surface area contributed by atoms with Gasteiger partial charge in [0.1, 0.15) is 17.4 Å². The maximum absolute atomic E-state index is 9.75. The molecule has 1 atom stereocenters. The Balaban J connectivity index is 2.37. The van der Waals surface area contributed by atoms with Crippen LogP contribution in [0, 0.1) is 11.3 Å². The van der Waals surface area contributed by atoms with Gasteiger partial charge in [-0.25, -0.2) is 0 Å². The number of nitrogens with zero attached hydrogens (tertiary/aromatic N) is 2. The fourth-order valence-corrected chi connectivity index (χ4v) is 3.72. The molecular formula is C18H18Cl2N4O2. The van der Waals surface area contributed by atoms with Crippen LogP contribution < -0.4 is 15.2 Å². The number of rotatable bonds is 2. The largest absolute Gasteiger partial charge is 0.495 e. The van der Waals surface area contributed by atoms with Crippen molar-refractivity contribution in [1.82, 2.24) is 10.2 Å². The number of nitrogens with one attached hydrogen (secondary N) is 1. The first-order valence-corrected chi connectivity index (χ1v) is 8.63. The van der Waals surface area contributed by atoms with Crippen molar-refractivity contribution in [3.63, 3.8) is 0 Å². The van der Waals surface area contributed by atoms with Gasteiger partial charge in [0.05, 0.1) is 23.6 Å². The molecule has 136 valence electrons. The maximum atomic E-state index is 9.75. The number of nitrogens with two attached hydrogens (primary N) is 1. The molecule has 2 heterocycles. The van der Waals surface area contributed by atoms with Crippen LogP contribution in [0.1, 0.15) is 43.5 Å². The van der Waals surface area contributed by atoms with Gasteiger partial charge < -0.3 is 15.2 Å². The van der Waals surface area contributed by atoms with Gasteiger partial charge in [-0.05, 0) is 12.1 Å². The standard InChI is InChI=1S/C18H18Cl2N4O2/c1-18(2,3)15-13-12(9-5-8(19)6-11(20)14(9)25-4)10(7-21)16(22)26-17(13)24-23-15/h5-6,12H,22H2,1-4H3,(H,23,24). The Hall–Kier alpha value is -2.36. The lowest BCUT2D eigenvalue weighted by Gasteiger charge is -2.28. The number of methoxy groups -OCH3 is 1. The molecule has 0 spiro atoms. The molecule has 2 aromatic rings. The topological polar surface area (TPSA) is 96.9 Å². The van der Waals surface area contributed by atoms with Crippen molar-refractivity contribution in [1.29, 1.82) is 5.26 Å². The molecule has 26 heavy (non-hydrogen) atoms. The number of allylic oxidation sites excluding steroid dienone is 1. The van der Waals surface area contributed by atoms with Gasteiger partial charge in [0.15, 0.2) is 0 Å². The van der Waals surface area contributed by atoms with E-state index in [0.717, 1.165) is 11.3 Å². The van der Waals surface area contributed by atoms with Crippen LogP contribution in [-0.4, -0.2) is 17.3 Å². The number of ether oxygens (including phenoxy) is 2. The molecule has 1 aliphatic rings. The minimum absolute atomic E-state index is 0.00453. The van der Waals surface area contributed by atoms with Crippen LogP contribution in [0.5, 0.6) is 11.6 Å². The zero-order valence-electron chi connectivity index (χ0n) is 14.8. The molecule has 8 heteroatoms. The second-order valence-corrected chi connectivity index (χ2v) is 7.85. The zero-order valence-corrected chi connectivity index (χ0v) is 16.3. The summed E-state index contributed by atoms with van der Waals surface area (Å²) in [5.41, 5.74) is 8.15. The van der Waals surface area contributed by atoms with E-state index in [-0.39, 0.29) is 16.9 Å². The van der Waals surface area contributed by atoms with Crippen molar-refractivity contribution in [2.75, 3.05) is 7.11 Å². The van der Waals surface area contributed by atoms with E-state index in [1.807, 2.05) is 20.8 Å². The van der Waals surface area contributed by atoms with E-state index >= 15 is 0 Å². The number of halogens is 2. The van der Waals surface area contributed by atoms with Gasteiger partial charge in [-0.1, -0.05) is 44.0 Å². The van der Waals surface area contributed by atoms with Gasteiger partial charge in [-0.2, -0.15) is 5.26 Å². The molecule has 0 bridgehead atoms. The minimum Gasteiger partial charge on any atom is -0.495 e. The molecule has 0 aliphatic carbocycles. The summed E-state index contributed by atoms with van der Waals surface area (Å²) >= 11 is 12.5. The fraction of sp³-hybridized carbons (Fsp3) is 0.333. The SMILES string of the molecule is COc1c(Cl)cc(Cl)cc1C1C(C#N)=C(N)Oc2n[nH]c(C(C)(C)C)c21. The van der Waals surface area contributed by atoms with Gasteiger partial charge in [-0.15, -0.1) is 5.10 Å². The smallest absolute Gasteiger partial charge is 0.244 e. The highest BCUT2D eigenvalue weighted by atomic mass is 35.5. The van der Waals surface area contributed by atoms with Crippen LogP contribution in [0.15, 0.2) is 23.6 Å². The second-order valence-electron chi connectivity index (χ2n) is 7.00. The van der Waals surface area contributed by atoms with E-state index in [2.05, 4.69) is 16.3 Å². The molecule has 1 aromatic carbocycles. The Morgan fingerprint density at radius 3 is 2.62 bits per heavy atom. The summed E-state index contributed by atoms with van der Waals surface area (Å²) in [6, 6.07) is 5.45. The number of nitriles is 1. The summed E-state index contributed by atoms with van der Waals surface area (Å²) in [7, 11) is 1.51. The Labute approximate surface area is 161 Å². The highest BCUT2D eigenvalue weighted by Gasteiger charge is 2.39. The van der Waals surface area contributed by atoms with Crippen molar-refractivity contribution >= 4 is 23.2 Å². The number of H-pyrrole nitrogens is 1. The van der Waals surface area contributed by atoms with E-state index in [9.17, 15) is 5.26 Å². The van der Waals surface area contributed by atoms with E-state index in [0.29, 0.717) is 27.2 Å². The Kier molecular flexibility index (Phi) is 4.55. The molecule has 0 saturated heterocycles. The van der Waals surface area contributed by atoms with Crippen LogP contribution in [0.3, 0.4) is 0 Å². The van der Waals surface area contributed by atoms with E-state index in [1.165, 1.54) is 7.11 Å². The van der Waals surface area contributed by atoms with Gasteiger partial charge in [0.25, 0.3) is 0 Å². The molecule has 3 rings (SSSR count). The molecule has 1 unspecified atom stereocenters. The van der Waals surface area contributed by atoms with Crippen molar-refractivity contribution in [3.05, 3.63) is 50.5 Å². The van der Waals surface area contributed by atoms with Gasteiger partial charge >= 0.3 is 0 Å². The van der Waals surface area contributed by atoms with Crippen molar-refractivity contribution in [2.45, 2.75) is 32.1 Å². The maximum Gasteiger partial charge on any atom is 0.244 e. The highest BCUT2D eigenvalue weighted by molar-refractivity contribution is 6.35. The first-order chi connectivity index (χ1) is 12.2. The van der Waals surface area contributed by atoms with Gasteiger partial charge in [0, 0.05) is 21.7 Å². The first kappa shape index (κ1) is 18.4. The minimum atomic E-state index is -0.567. The van der Waals surface area contributed by atoms with Gasteiger partial charge in [0.2, 0.25) is 11.8 Å². The van der Waals surface area contributed by atoms with E-state index < -0.39 is 5.92 Å². The quantitative estimate of drug-likeness (QED) is 0.796. The molecule has 1 aromatic heterocycles. The van der Waals surface area contributed by atoms with Crippen LogP contribution >= 0.6 is 23.2 Å². The summed E-state index contributed by atoms with van der Waals surface area (Å²) in [6.07, 6.45) is 0. The van der Waals surface area contributed by atoms with E-state index in [1.54, 1.807) is 12.1 Å². The third-order valence-electron chi connectivity index (χ3n) is 4.24. The summed E-state index contributed by atoms with van der Waals surface area (Å²) in [5, 5.41) is 17.8. The lowest BCUT2D eigenvalue weighted by molar-refractivity contribution is 0.374. The second kappa shape index (κ2) is 6.42. The lowest BCUT2D eigenvalue weighted by Crippen LogP contribution is -2.24. The number of hydrogen-bond donors (Lipinski definition) is 2. The summed E-state index contributed by atoms with van der Waals surface area (Å²) in [6.45, 7) is 6.11. The molecule has 0 fully saturated rings. The monoisotopic (exact) mass is 392 g/mol. The summed E-state index contributed by atoms with van der Waals surface area (Å²) in [4.78, 5) is 0. The Bertz CT molecular complexity index is 951. The summed E-state index contributed by atoms with van der Waals surface area (Å²) in [5.74, 6) is 0.183. The molecule has 3 N–H and O–H groups in total. The number of hydrogen-bond acceptors (Lipinski definition) is 5. The predicted molar refractivity (Wildman–Crippen MR) is 99.6 cm³/mol. The third kappa shape index (κ3) is 2.87. The van der Waals surface area contributed by atoms with Crippen LogP contribution in [0.4, 0.5) is 0 Å². The number of aromatic amines is 1. The summed E-state index contributed by atoms with van der Waals surface area (Å²) < 4.78 is 11.1. The van der Waals surface area contributed by atoms with Gasteiger partial charge in [-0.3, -0.25) is 5.10 Å². The molecule has 6 nitrogen and oxygen atoms in total. The number of fused-ring (bicyclic) bond motifs is 1. The van der Waals surface area contributed by atoms with Crippen LogP contribution in [-0.2, 0) is 5.41 Å². The lowest BCUT2D eigenvalue weighted by atomic mass is 9.78. The third-order valence-corrected chi connectivity index (χ3v) is 4.74. The average Bonchev–Trinajstić information content (AvgIpc) is 2.96. The van der Waals surface area contributed by atoms with Crippen molar-refractivity contribution in [3.8, 4) is 17.7 Å². The van der Waals surface area contributed by atoms with Crippen LogP contribution in [0.25, 0.3) is 0 Å². The first-order valence-electron chi connectivity index (χ1n) is 7.88. The zero-order chi connectivity index (χ0) is 19.2. The normalized spacial score (nSPS) is 16.7. The fourth-order valence-electron chi connectivity index (χ4n) is 3.14. The molecule has 0 amide bonds. The Morgan fingerprint density at radius 2 is 2.04 bits per heavy atom. The molecule has 0 saturated carbocycles. The number of aromatic nitrogens is 2. The molecule has 0 radical (unpaired) electrons. The Morgan fingerprint density at radius 1 is 1.35 bits per heavy atom. The highest BCUT2D eigenvalue weighted by Crippen LogP contribution is 2.49. The molecular weight excluding hydrogens is 375 g/mol. The average molecular weight is 393 g/mol. The molecule has 1 aliphatic heterocycles. The van der Waals surface area contributed by atoms with Crippen molar-refractivity contribution in [2.24, 2.45) is 5.73 Å². The van der Waals surface area contributed by atoms with Crippen LogP contribution in [0.2, 0.25) is 10.0 Å². The number of benzene rings is 1.